The molecule has 0 amide bonds. The van der Waals surface area contributed by atoms with Crippen LogP contribution in [0.25, 0.3) is 0 Å². The summed E-state index contributed by atoms with van der Waals surface area (Å²) in [6, 6.07) is 4.11. The molecule has 0 aliphatic carbocycles. The van der Waals surface area contributed by atoms with Crippen molar-refractivity contribution >= 4 is 0 Å². The van der Waals surface area contributed by atoms with Gasteiger partial charge in [-0.15, -0.1) is 0 Å². The van der Waals surface area contributed by atoms with Crippen LogP contribution in [-0.4, -0.2) is 25.3 Å². The summed E-state index contributed by atoms with van der Waals surface area (Å²) >= 11 is 0. The Balaban J connectivity index is 1.92. The molecule has 1 aromatic heterocycles. The normalized spacial score (nSPS) is 25.5. The number of hydrogen-bond acceptors (Lipinski definition) is 4. The van der Waals surface area contributed by atoms with Gasteiger partial charge in [-0.05, 0) is 31.9 Å². The van der Waals surface area contributed by atoms with E-state index in [0.717, 1.165) is 43.9 Å². The van der Waals surface area contributed by atoms with Crippen LogP contribution in [0.15, 0.2) is 16.5 Å². The molecule has 18 heavy (non-hydrogen) atoms. The van der Waals surface area contributed by atoms with Gasteiger partial charge in [-0.1, -0.05) is 6.92 Å². The number of nitrogens with two attached hydrogens (primary N) is 1. The maximum absolute atomic E-state index is 5.82. The van der Waals surface area contributed by atoms with Crippen molar-refractivity contribution in [2.45, 2.75) is 44.8 Å². The fourth-order valence-corrected chi connectivity index (χ4v) is 2.39. The molecule has 0 bridgehead atoms. The first kappa shape index (κ1) is 13.6. The first-order valence-electron chi connectivity index (χ1n) is 6.83. The zero-order chi connectivity index (χ0) is 13.0. The second kappa shape index (κ2) is 5.87. The van der Waals surface area contributed by atoms with Gasteiger partial charge in [-0.2, -0.15) is 0 Å². The maximum Gasteiger partial charge on any atom is 0.122 e. The van der Waals surface area contributed by atoms with Gasteiger partial charge in [0.25, 0.3) is 0 Å². The maximum atomic E-state index is 5.82. The summed E-state index contributed by atoms with van der Waals surface area (Å²) in [6.07, 6.45) is 3.17. The molecule has 1 aromatic rings. The number of ether oxygens (including phenoxy) is 1. The molecule has 2 heterocycles. The molecule has 4 nitrogen and oxygen atoms in total. The van der Waals surface area contributed by atoms with Crippen molar-refractivity contribution in [2.75, 3.05) is 19.7 Å². The van der Waals surface area contributed by atoms with Crippen LogP contribution in [0.3, 0.4) is 0 Å². The monoisotopic (exact) mass is 252 g/mol. The average Bonchev–Trinajstić information content (AvgIpc) is 3.00. The SMILES string of the molecule is CCc1ccc(C(CN)NCC2(C)CCCO2)o1. The highest BCUT2D eigenvalue weighted by atomic mass is 16.5. The molecule has 2 atom stereocenters. The molecule has 2 unspecified atom stereocenters. The van der Waals surface area contributed by atoms with Crippen LogP contribution >= 0.6 is 0 Å². The van der Waals surface area contributed by atoms with E-state index in [1.165, 1.54) is 0 Å². The minimum atomic E-state index is -0.0480. The van der Waals surface area contributed by atoms with Gasteiger partial charge in [0.05, 0.1) is 11.6 Å². The Morgan fingerprint density at radius 1 is 1.50 bits per heavy atom. The van der Waals surface area contributed by atoms with E-state index in [9.17, 15) is 0 Å². The van der Waals surface area contributed by atoms with Gasteiger partial charge in [-0.3, -0.25) is 0 Å². The predicted molar refractivity (Wildman–Crippen MR) is 71.5 cm³/mol. The first-order chi connectivity index (χ1) is 8.67. The van der Waals surface area contributed by atoms with Crippen molar-refractivity contribution < 1.29 is 9.15 Å². The summed E-state index contributed by atoms with van der Waals surface area (Å²) in [5.41, 5.74) is 5.77. The quantitative estimate of drug-likeness (QED) is 0.813. The summed E-state index contributed by atoms with van der Waals surface area (Å²) in [5, 5.41) is 3.46. The number of hydrogen-bond donors (Lipinski definition) is 2. The van der Waals surface area contributed by atoms with Crippen LogP contribution < -0.4 is 11.1 Å². The molecular formula is C14H24N2O2. The lowest BCUT2D eigenvalue weighted by atomic mass is 10.0. The summed E-state index contributed by atoms with van der Waals surface area (Å²) < 4.78 is 11.5. The molecule has 1 aliphatic rings. The van der Waals surface area contributed by atoms with Crippen LogP contribution in [0.4, 0.5) is 0 Å². The van der Waals surface area contributed by atoms with E-state index in [1.807, 2.05) is 12.1 Å². The van der Waals surface area contributed by atoms with Gasteiger partial charge in [0.1, 0.15) is 11.5 Å². The van der Waals surface area contributed by atoms with E-state index in [1.54, 1.807) is 0 Å². The minimum absolute atomic E-state index is 0.0480. The standard InChI is InChI=1S/C14H24N2O2/c1-3-11-5-6-13(18-11)12(9-15)16-10-14(2)7-4-8-17-14/h5-6,12,16H,3-4,7-10,15H2,1-2H3. The lowest BCUT2D eigenvalue weighted by Crippen LogP contribution is -2.40. The number of furan rings is 1. The molecule has 4 heteroatoms. The zero-order valence-corrected chi connectivity index (χ0v) is 11.4. The largest absolute Gasteiger partial charge is 0.464 e. The van der Waals surface area contributed by atoms with E-state index >= 15 is 0 Å². The van der Waals surface area contributed by atoms with Crippen LogP contribution in [0.1, 0.15) is 44.3 Å². The van der Waals surface area contributed by atoms with Gasteiger partial charge in [0.2, 0.25) is 0 Å². The Hall–Kier alpha value is -0.840. The molecular weight excluding hydrogens is 228 g/mol. The van der Waals surface area contributed by atoms with E-state index in [0.29, 0.717) is 6.54 Å². The Kier molecular flexibility index (Phi) is 4.43. The van der Waals surface area contributed by atoms with Gasteiger partial charge < -0.3 is 20.2 Å². The molecule has 102 valence electrons. The van der Waals surface area contributed by atoms with E-state index in [2.05, 4.69) is 19.2 Å². The Bertz CT molecular complexity index is 370. The molecule has 0 aromatic carbocycles. The second-order valence-electron chi connectivity index (χ2n) is 5.23. The number of nitrogens with one attached hydrogen (secondary N) is 1. The van der Waals surface area contributed by atoms with Crippen LogP contribution in [0.2, 0.25) is 0 Å². The predicted octanol–water partition coefficient (Wildman–Crippen LogP) is 2.00. The first-order valence-corrected chi connectivity index (χ1v) is 6.83. The van der Waals surface area contributed by atoms with Crippen molar-refractivity contribution in [3.05, 3.63) is 23.7 Å². The molecule has 3 N–H and O–H groups in total. The molecule has 1 aliphatic heterocycles. The lowest BCUT2D eigenvalue weighted by Gasteiger charge is -2.26. The van der Waals surface area contributed by atoms with Crippen molar-refractivity contribution in [1.82, 2.24) is 5.32 Å². The minimum Gasteiger partial charge on any atom is -0.464 e. The smallest absolute Gasteiger partial charge is 0.122 e. The van der Waals surface area contributed by atoms with Gasteiger partial charge >= 0.3 is 0 Å². The van der Waals surface area contributed by atoms with Gasteiger partial charge in [0, 0.05) is 26.1 Å². The fraction of sp³-hybridized carbons (Fsp3) is 0.714. The molecule has 1 saturated heterocycles. The van der Waals surface area contributed by atoms with Crippen molar-refractivity contribution in [3.8, 4) is 0 Å². The lowest BCUT2D eigenvalue weighted by molar-refractivity contribution is 0.0184. The zero-order valence-electron chi connectivity index (χ0n) is 11.4. The fourth-order valence-electron chi connectivity index (χ4n) is 2.39. The summed E-state index contributed by atoms with van der Waals surface area (Å²) in [6.45, 7) is 6.46. The van der Waals surface area contributed by atoms with Crippen molar-refractivity contribution in [3.63, 3.8) is 0 Å². The summed E-state index contributed by atoms with van der Waals surface area (Å²) in [4.78, 5) is 0. The van der Waals surface area contributed by atoms with Crippen molar-refractivity contribution in [2.24, 2.45) is 5.73 Å². The highest BCUT2D eigenvalue weighted by molar-refractivity contribution is 5.11. The highest BCUT2D eigenvalue weighted by Gasteiger charge is 2.30. The third-order valence-electron chi connectivity index (χ3n) is 3.63. The Labute approximate surface area is 109 Å². The third-order valence-corrected chi connectivity index (χ3v) is 3.63. The van der Waals surface area contributed by atoms with Crippen molar-refractivity contribution in [1.29, 1.82) is 0 Å². The highest BCUT2D eigenvalue weighted by Crippen LogP contribution is 2.25. The van der Waals surface area contributed by atoms with Gasteiger partial charge in [0.15, 0.2) is 0 Å². The molecule has 0 saturated carbocycles. The van der Waals surface area contributed by atoms with Crippen LogP contribution in [0.5, 0.6) is 0 Å². The van der Waals surface area contributed by atoms with Crippen LogP contribution in [0, 0.1) is 0 Å². The average molecular weight is 252 g/mol. The van der Waals surface area contributed by atoms with E-state index < -0.39 is 0 Å². The van der Waals surface area contributed by atoms with E-state index in [-0.39, 0.29) is 11.6 Å². The third kappa shape index (κ3) is 3.13. The molecule has 2 rings (SSSR count). The Morgan fingerprint density at radius 2 is 2.33 bits per heavy atom. The number of aryl methyl sites for hydroxylation is 1. The molecule has 0 radical (unpaired) electrons. The summed E-state index contributed by atoms with van der Waals surface area (Å²) in [7, 11) is 0. The molecule has 1 fully saturated rings. The van der Waals surface area contributed by atoms with Crippen LogP contribution in [-0.2, 0) is 11.2 Å². The Morgan fingerprint density at radius 3 is 2.89 bits per heavy atom. The second-order valence-corrected chi connectivity index (χ2v) is 5.23. The summed E-state index contributed by atoms with van der Waals surface area (Å²) in [5.74, 6) is 1.93. The van der Waals surface area contributed by atoms with Gasteiger partial charge in [-0.25, -0.2) is 0 Å². The topological polar surface area (TPSA) is 60.4 Å². The molecule has 0 spiro atoms. The van der Waals surface area contributed by atoms with E-state index in [4.69, 9.17) is 14.9 Å². The number of rotatable bonds is 6.